The van der Waals surface area contributed by atoms with Crippen molar-refractivity contribution in [2.75, 3.05) is 13.6 Å². The smallest absolute Gasteiger partial charge is 0.446 e. The van der Waals surface area contributed by atoms with Gasteiger partial charge in [-0.15, -0.1) is 0 Å². The topological polar surface area (TPSA) is 140 Å². The van der Waals surface area contributed by atoms with Gasteiger partial charge in [-0.2, -0.15) is 16.8 Å². The van der Waals surface area contributed by atoms with E-state index in [0.29, 0.717) is 12.8 Å². The number of likely N-dealkylation sites (N-methyl/N-ethyl adjacent to an activating group) is 1. The van der Waals surface area contributed by atoms with Crippen LogP contribution >= 0.6 is 0 Å². The largest absolute Gasteiger partial charge is 0.482 e. The minimum absolute atomic E-state index is 0.0257. The summed E-state index contributed by atoms with van der Waals surface area (Å²) < 4.78 is 79.5. The number of hydrogen-bond acceptors (Lipinski definition) is 8. The van der Waals surface area contributed by atoms with Crippen LogP contribution in [0.5, 0.6) is 11.5 Å². The van der Waals surface area contributed by atoms with E-state index in [0.717, 1.165) is 17.7 Å². The summed E-state index contributed by atoms with van der Waals surface area (Å²) in [5.41, 5.74) is 1.04. The molecule has 0 aromatic heterocycles. The Morgan fingerprint density at radius 1 is 1.17 bits per heavy atom. The zero-order chi connectivity index (χ0) is 20.8. The molecule has 0 saturated carbocycles. The van der Waals surface area contributed by atoms with Gasteiger partial charge in [0, 0.05) is 22.9 Å². The molecule has 1 fully saturated rings. The molecule has 0 unspecified atom stereocenters. The van der Waals surface area contributed by atoms with Crippen molar-refractivity contribution in [3.05, 3.63) is 35.4 Å². The molecule has 12 heteroatoms. The number of likely N-dealkylation sites (tertiary alicyclic amines) is 1. The Hall–Kier alpha value is -1.70. The van der Waals surface area contributed by atoms with Crippen LogP contribution in [0.2, 0.25) is 0 Å². The van der Waals surface area contributed by atoms with Crippen LogP contribution in [0, 0.1) is 5.92 Å². The van der Waals surface area contributed by atoms with Gasteiger partial charge in [-0.05, 0) is 38.1 Å². The predicted octanol–water partition coefficient (Wildman–Crippen LogP) is 0.501. The van der Waals surface area contributed by atoms with Crippen LogP contribution in [0.3, 0.4) is 0 Å². The highest BCUT2D eigenvalue weighted by Crippen LogP contribution is 2.62. The average Bonchev–Trinajstić information content (AvgIpc) is 2.94. The summed E-state index contributed by atoms with van der Waals surface area (Å²) in [5, 5.41) is 0. The second-order valence-electron chi connectivity index (χ2n) is 7.92. The number of hydrogen-bond donors (Lipinski definition) is 2. The lowest BCUT2D eigenvalue weighted by Crippen LogP contribution is -2.65. The number of rotatable bonds is 4. The summed E-state index contributed by atoms with van der Waals surface area (Å²) in [6.45, 7) is 0.718. The summed E-state index contributed by atoms with van der Waals surface area (Å²) in [4.78, 5) is 2.24. The average molecular weight is 445 g/mol. The van der Waals surface area contributed by atoms with E-state index in [1.165, 1.54) is 6.07 Å². The lowest BCUT2D eigenvalue weighted by atomic mass is 9.53. The third kappa shape index (κ3) is 2.81. The normalized spacial score (nSPS) is 35.1. The Bertz CT molecular complexity index is 1130. The molecular weight excluding hydrogens is 426 g/mol. The second kappa shape index (κ2) is 5.93. The second-order valence-corrected chi connectivity index (χ2v) is 9.99. The lowest BCUT2D eigenvalue weighted by Gasteiger charge is -2.56. The lowest BCUT2D eigenvalue weighted by molar-refractivity contribution is -0.0388. The predicted molar refractivity (Wildman–Crippen MR) is 98.5 cm³/mol. The molecule has 0 amide bonds. The fourth-order valence-electron chi connectivity index (χ4n) is 5.61. The maximum absolute atomic E-state index is 11.4. The summed E-state index contributed by atoms with van der Waals surface area (Å²) in [6, 6.07) is 3.30. The van der Waals surface area contributed by atoms with Crippen LogP contribution in [0.1, 0.15) is 17.5 Å². The number of piperidine rings is 1. The molecule has 10 nitrogen and oxygen atoms in total. The first-order valence-corrected chi connectivity index (χ1v) is 11.8. The molecule has 158 valence electrons. The molecule has 2 heterocycles. The molecule has 5 atom stereocenters. The first kappa shape index (κ1) is 19.3. The fourth-order valence-corrected chi connectivity index (χ4v) is 6.42. The van der Waals surface area contributed by atoms with Gasteiger partial charge in [0.15, 0.2) is 11.5 Å². The van der Waals surface area contributed by atoms with Crippen molar-refractivity contribution in [1.29, 1.82) is 0 Å². The maximum atomic E-state index is 11.4. The van der Waals surface area contributed by atoms with Gasteiger partial charge in [-0.25, -0.2) is 4.18 Å². The molecule has 1 aromatic rings. The highest BCUT2D eigenvalue weighted by atomic mass is 32.3. The van der Waals surface area contributed by atoms with Gasteiger partial charge in [0.2, 0.25) is 0 Å². The summed E-state index contributed by atoms with van der Waals surface area (Å²) >= 11 is 0. The van der Waals surface area contributed by atoms with E-state index in [1.807, 2.05) is 13.1 Å². The van der Waals surface area contributed by atoms with E-state index in [2.05, 4.69) is 4.90 Å². The fraction of sp³-hybridized carbons (Fsp3) is 0.529. The Labute approximate surface area is 168 Å². The SMILES string of the molecule is CN1CC[C@]23c4c5ccc(OS(=O)(=O)O)c4O[C@H]2[C@@H](OS(=O)(=O)O)C=C[C@H]3[C@H]1C5. The molecule has 2 aliphatic carbocycles. The zero-order valence-corrected chi connectivity index (χ0v) is 16.9. The highest BCUT2D eigenvalue weighted by molar-refractivity contribution is 7.81. The molecule has 4 aliphatic rings. The Kier molecular flexibility index (Phi) is 3.94. The van der Waals surface area contributed by atoms with E-state index in [-0.39, 0.29) is 23.5 Å². The summed E-state index contributed by atoms with van der Waals surface area (Å²) in [6.07, 6.45) is 2.86. The molecule has 1 aromatic carbocycles. The molecule has 0 radical (unpaired) electrons. The number of benzene rings is 1. The van der Waals surface area contributed by atoms with Crippen molar-refractivity contribution in [1.82, 2.24) is 4.90 Å². The molecule has 2 bridgehead atoms. The van der Waals surface area contributed by atoms with Crippen molar-refractivity contribution in [3.63, 3.8) is 0 Å². The quantitative estimate of drug-likeness (QED) is 0.497. The van der Waals surface area contributed by atoms with E-state index in [9.17, 15) is 21.4 Å². The first-order valence-electron chi connectivity index (χ1n) is 9.04. The van der Waals surface area contributed by atoms with Gasteiger partial charge >= 0.3 is 20.8 Å². The van der Waals surface area contributed by atoms with E-state index in [1.54, 1.807) is 12.1 Å². The minimum atomic E-state index is -4.79. The van der Waals surface area contributed by atoms with Gasteiger partial charge < -0.3 is 13.8 Å². The summed E-state index contributed by atoms with van der Waals surface area (Å²) in [7, 11) is -7.51. The highest BCUT2D eigenvalue weighted by Gasteiger charge is 2.65. The molecule has 1 saturated heterocycles. The molecule has 2 N–H and O–H groups in total. The Balaban J connectivity index is 1.72. The number of ether oxygens (including phenoxy) is 1. The van der Waals surface area contributed by atoms with Gasteiger partial charge in [-0.3, -0.25) is 9.11 Å². The molecule has 2 aliphatic heterocycles. The summed E-state index contributed by atoms with van der Waals surface area (Å²) in [5.74, 6) is -0.0373. The van der Waals surface area contributed by atoms with Gasteiger partial charge in [0.1, 0.15) is 12.2 Å². The van der Waals surface area contributed by atoms with Crippen molar-refractivity contribution in [3.8, 4) is 11.5 Å². The van der Waals surface area contributed by atoms with Gasteiger partial charge in [0.05, 0.1) is 0 Å². The van der Waals surface area contributed by atoms with Crippen LogP contribution < -0.4 is 8.92 Å². The van der Waals surface area contributed by atoms with Crippen molar-refractivity contribution >= 4 is 20.8 Å². The third-order valence-electron chi connectivity index (χ3n) is 6.54. The Morgan fingerprint density at radius 2 is 1.93 bits per heavy atom. The monoisotopic (exact) mass is 445 g/mol. The van der Waals surface area contributed by atoms with Crippen molar-refractivity contribution in [2.24, 2.45) is 5.92 Å². The van der Waals surface area contributed by atoms with Gasteiger partial charge in [0.25, 0.3) is 0 Å². The van der Waals surface area contributed by atoms with Crippen LogP contribution in [0.25, 0.3) is 0 Å². The van der Waals surface area contributed by atoms with Crippen LogP contribution in [0.15, 0.2) is 24.3 Å². The van der Waals surface area contributed by atoms with Crippen molar-refractivity contribution in [2.45, 2.75) is 36.5 Å². The molecular formula is C17H19NO9S2. The minimum Gasteiger partial charge on any atom is -0.482 e. The van der Waals surface area contributed by atoms with E-state index in [4.69, 9.17) is 17.7 Å². The number of nitrogens with zero attached hydrogens (tertiary/aromatic N) is 1. The van der Waals surface area contributed by atoms with Crippen molar-refractivity contribution < 1.29 is 39.0 Å². The molecule has 5 rings (SSSR count). The Morgan fingerprint density at radius 3 is 2.62 bits per heavy atom. The van der Waals surface area contributed by atoms with E-state index < -0.39 is 38.4 Å². The van der Waals surface area contributed by atoms with Crippen LogP contribution in [0.4, 0.5) is 0 Å². The van der Waals surface area contributed by atoms with E-state index >= 15 is 0 Å². The first-order chi connectivity index (χ1) is 13.5. The molecule has 29 heavy (non-hydrogen) atoms. The zero-order valence-electron chi connectivity index (χ0n) is 15.3. The standard InChI is InChI=1S/C17H19NO9S2/c1-18-7-6-17-10-3-5-13(27-29(22,23)24)16(17)25-15-12(26-28(19,20)21)4-2-9(14(15)17)8-11(10)18/h2-5,10-11,13,16H,6-8H2,1H3,(H,19,20,21)(H,22,23,24)/t10-,11+,13-,16-,17-/m0/s1. The maximum Gasteiger partial charge on any atom is 0.446 e. The van der Waals surface area contributed by atoms with Crippen LogP contribution in [-0.4, -0.2) is 62.7 Å². The van der Waals surface area contributed by atoms with Crippen LogP contribution in [-0.2, 0) is 36.8 Å². The third-order valence-corrected chi connectivity index (χ3v) is 7.40. The van der Waals surface area contributed by atoms with Gasteiger partial charge in [-0.1, -0.05) is 18.2 Å². The molecule has 1 spiro atoms.